The Kier molecular flexibility index (Phi) is 6.61. The van der Waals surface area contributed by atoms with Crippen molar-refractivity contribution < 1.29 is 0 Å². The molecule has 5 nitrogen and oxygen atoms in total. The second-order valence-electron chi connectivity index (χ2n) is 13.9. The van der Waals surface area contributed by atoms with Crippen molar-refractivity contribution in [1.29, 1.82) is 0 Å². The van der Waals surface area contributed by atoms with Crippen LogP contribution in [0, 0.1) is 13.1 Å². The van der Waals surface area contributed by atoms with Crippen molar-refractivity contribution in [1.82, 2.24) is 13.7 Å². The summed E-state index contributed by atoms with van der Waals surface area (Å²) in [7, 11) is 0. The lowest BCUT2D eigenvalue weighted by Gasteiger charge is -2.17. The number of rotatable bonds is 4. The van der Waals surface area contributed by atoms with E-state index >= 15 is 0 Å². The van der Waals surface area contributed by atoms with E-state index in [0.29, 0.717) is 11.4 Å². The molecule has 0 radical (unpaired) electrons. The van der Waals surface area contributed by atoms with Crippen molar-refractivity contribution >= 4 is 76.8 Å². The molecule has 254 valence electrons. The maximum Gasteiger partial charge on any atom is 0.211 e. The topological polar surface area (TPSA) is 23.5 Å². The second-order valence-corrected chi connectivity index (χ2v) is 13.9. The summed E-state index contributed by atoms with van der Waals surface area (Å²) in [5.74, 6) is 0. The molecule has 0 spiro atoms. The van der Waals surface area contributed by atoms with Crippen molar-refractivity contribution in [2.75, 3.05) is 0 Å². The molecule has 0 unspecified atom stereocenters. The number of hydrogen-bond acceptors (Lipinski definition) is 0. The number of para-hydroxylation sites is 5. The molecule has 11 rings (SSSR count). The lowest BCUT2D eigenvalue weighted by molar-refractivity contribution is 1.16. The Balaban J connectivity index is 1.18. The zero-order valence-electron chi connectivity index (χ0n) is 29.5. The molecule has 0 saturated carbocycles. The van der Waals surface area contributed by atoms with Crippen LogP contribution in [-0.4, -0.2) is 13.7 Å². The summed E-state index contributed by atoms with van der Waals surface area (Å²) in [6.07, 6.45) is 0. The van der Waals surface area contributed by atoms with Gasteiger partial charge in [-0.15, -0.1) is 0 Å². The van der Waals surface area contributed by atoms with Crippen LogP contribution in [0.25, 0.3) is 103 Å². The summed E-state index contributed by atoms with van der Waals surface area (Å²) < 4.78 is 6.96. The molecular formula is C50H29N5. The Morgan fingerprint density at radius 1 is 0.382 bits per heavy atom. The number of hydrogen-bond donors (Lipinski definition) is 0. The van der Waals surface area contributed by atoms with E-state index in [1.807, 2.05) is 36.4 Å². The summed E-state index contributed by atoms with van der Waals surface area (Å²) in [5, 5.41) is 6.92. The Morgan fingerprint density at radius 2 is 0.945 bits per heavy atom. The lowest BCUT2D eigenvalue weighted by Crippen LogP contribution is -1.99. The van der Waals surface area contributed by atoms with Crippen LogP contribution in [0.1, 0.15) is 0 Å². The van der Waals surface area contributed by atoms with Gasteiger partial charge in [-0.1, -0.05) is 121 Å². The van der Waals surface area contributed by atoms with Crippen LogP contribution in [-0.2, 0) is 0 Å². The Labute approximate surface area is 316 Å². The zero-order valence-corrected chi connectivity index (χ0v) is 29.5. The highest BCUT2D eigenvalue weighted by molar-refractivity contribution is 6.17. The van der Waals surface area contributed by atoms with Crippen LogP contribution in [0.3, 0.4) is 0 Å². The van der Waals surface area contributed by atoms with Crippen molar-refractivity contribution in [3.05, 3.63) is 199 Å². The van der Waals surface area contributed by atoms with E-state index in [1.54, 1.807) is 0 Å². The van der Waals surface area contributed by atoms with Crippen molar-refractivity contribution in [2.45, 2.75) is 0 Å². The monoisotopic (exact) mass is 699 g/mol. The van der Waals surface area contributed by atoms with Gasteiger partial charge in [0, 0.05) is 43.9 Å². The van der Waals surface area contributed by atoms with Gasteiger partial charge in [0.25, 0.3) is 0 Å². The first kappa shape index (κ1) is 30.7. The zero-order chi connectivity index (χ0) is 36.6. The predicted molar refractivity (Wildman–Crippen MR) is 227 cm³/mol. The van der Waals surface area contributed by atoms with Gasteiger partial charge in [0.05, 0.1) is 51.9 Å². The van der Waals surface area contributed by atoms with Crippen molar-refractivity contribution in [3.63, 3.8) is 0 Å². The first-order chi connectivity index (χ1) is 27.2. The van der Waals surface area contributed by atoms with Gasteiger partial charge in [0.1, 0.15) is 0 Å². The van der Waals surface area contributed by atoms with Gasteiger partial charge in [-0.05, 0) is 65.5 Å². The molecule has 8 aromatic carbocycles. The average molecular weight is 700 g/mol. The van der Waals surface area contributed by atoms with E-state index in [2.05, 4.69) is 163 Å². The van der Waals surface area contributed by atoms with E-state index in [9.17, 15) is 0 Å². The molecule has 0 bridgehead atoms. The average Bonchev–Trinajstić information content (AvgIpc) is 3.89. The van der Waals surface area contributed by atoms with Crippen LogP contribution in [0.4, 0.5) is 11.4 Å². The molecule has 0 saturated heterocycles. The molecule has 0 aliphatic rings. The van der Waals surface area contributed by atoms with Gasteiger partial charge >= 0.3 is 0 Å². The molecule has 0 atom stereocenters. The third-order valence-electron chi connectivity index (χ3n) is 11.1. The van der Waals surface area contributed by atoms with E-state index in [1.165, 1.54) is 32.6 Å². The fourth-order valence-electron chi connectivity index (χ4n) is 8.82. The van der Waals surface area contributed by atoms with Crippen molar-refractivity contribution in [2.24, 2.45) is 0 Å². The normalized spacial score (nSPS) is 11.6. The molecule has 0 N–H and O–H groups in total. The van der Waals surface area contributed by atoms with Gasteiger partial charge in [0.15, 0.2) is 5.69 Å². The van der Waals surface area contributed by atoms with Crippen LogP contribution < -0.4 is 0 Å². The van der Waals surface area contributed by atoms with E-state index < -0.39 is 0 Å². The third-order valence-corrected chi connectivity index (χ3v) is 11.1. The molecule has 0 aliphatic carbocycles. The van der Waals surface area contributed by atoms with Crippen LogP contribution in [0.15, 0.2) is 176 Å². The molecule has 11 aromatic rings. The Morgan fingerprint density at radius 3 is 1.64 bits per heavy atom. The summed E-state index contributed by atoms with van der Waals surface area (Å²) in [6, 6.07) is 61.4. The van der Waals surface area contributed by atoms with Gasteiger partial charge in [-0.25, -0.2) is 9.69 Å². The maximum atomic E-state index is 8.09. The molecule has 0 fully saturated rings. The summed E-state index contributed by atoms with van der Waals surface area (Å²) >= 11 is 0. The SMILES string of the molecule is [C-]#[N+]c1ccc(-c2cccc(-n3c4ccccc4c4c(-n5c6ccccc6c6ccccc65)cccc43)c2)c(-n2c3ccccc3c3cccc([N+]#[C-])c32)c1. The first-order valence-corrected chi connectivity index (χ1v) is 18.3. The fraction of sp³-hybridized carbons (Fsp3) is 0. The molecule has 3 aromatic heterocycles. The largest absolute Gasteiger partial charge is 0.320 e. The summed E-state index contributed by atoms with van der Waals surface area (Å²) in [4.78, 5) is 7.80. The minimum Gasteiger partial charge on any atom is -0.320 e. The highest BCUT2D eigenvalue weighted by Crippen LogP contribution is 2.43. The molecular weight excluding hydrogens is 671 g/mol. The number of benzene rings is 8. The maximum absolute atomic E-state index is 8.09. The van der Waals surface area contributed by atoms with Crippen LogP contribution in [0.2, 0.25) is 0 Å². The van der Waals surface area contributed by atoms with E-state index in [-0.39, 0.29) is 0 Å². The number of nitrogens with zero attached hydrogens (tertiary/aromatic N) is 5. The standard InChI is InChI=1S/C50H29N5/c1-51-33-28-29-35(48(31-33)55-44-24-9-5-18-38(44)39-20-12-21-41(52-2)50(39)55)32-14-11-15-34(30-32)53-45-25-10-6-19-40(45)49-46(53)26-13-27-47(49)54-42-22-7-3-16-36(42)37-17-4-8-23-43(37)54/h3-31H. The molecule has 3 heterocycles. The Bertz CT molecular complexity index is 3420. The fourth-order valence-corrected chi connectivity index (χ4v) is 8.82. The summed E-state index contributed by atoms with van der Waals surface area (Å²) in [5.41, 5.74) is 12.6. The Hall–Kier alpha value is -7.86. The number of fused-ring (bicyclic) bond motifs is 9. The summed E-state index contributed by atoms with van der Waals surface area (Å²) in [6.45, 7) is 16.0. The molecule has 0 amide bonds. The molecule has 55 heavy (non-hydrogen) atoms. The highest BCUT2D eigenvalue weighted by Gasteiger charge is 2.21. The van der Waals surface area contributed by atoms with E-state index in [0.717, 1.165) is 61.0 Å². The van der Waals surface area contributed by atoms with Gasteiger partial charge < -0.3 is 13.7 Å². The predicted octanol–water partition coefficient (Wildman–Crippen LogP) is 13.7. The smallest absolute Gasteiger partial charge is 0.211 e. The lowest BCUT2D eigenvalue weighted by atomic mass is 10.0. The first-order valence-electron chi connectivity index (χ1n) is 18.3. The minimum atomic E-state index is 0.543. The van der Waals surface area contributed by atoms with Crippen LogP contribution in [0.5, 0.6) is 0 Å². The third kappa shape index (κ3) is 4.39. The van der Waals surface area contributed by atoms with Crippen molar-refractivity contribution in [3.8, 4) is 28.2 Å². The van der Waals surface area contributed by atoms with Gasteiger partial charge in [-0.2, -0.15) is 0 Å². The molecule has 0 aliphatic heterocycles. The van der Waals surface area contributed by atoms with Gasteiger partial charge in [0.2, 0.25) is 5.69 Å². The minimum absolute atomic E-state index is 0.543. The second kappa shape index (κ2) is 11.8. The van der Waals surface area contributed by atoms with E-state index in [4.69, 9.17) is 13.1 Å². The quantitative estimate of drug-likeness (QED) is 0.163. The van der Waals surface area contributed by atoms with Gasteiger partial charge in [-0.3, -0.25) is 0 Å². The molecule has 5 heteroatoms. The highest BCUT2D eigenvalue weighted by atomic mass is 15.0. The van der Waals surface area contributed by atoms with Crippen LogP contribution >= 0.6 is 0 Å². The number of aromatic nitrogens is 3.